The highest BCUT2D eigenvalue weighted by Gasteiger charge is 2.39. The summed E-state index contributed by atoms with van der Waals surface area (Å²) in [5.41, 5.74) is 8.91. The highest BCUT2D eigenvalue weighted by molar-refractivity contribution is 7.67. The second-order valence-electron chi connectivity index (χ2n) is 13.5. The highest BCUT2D eigenvalue weighted by Crippen LogP contribution is 2.54. The molecule has 0 heterocycles. The van der Waals surface area contributed by atoms with Crippen LogP contribution in [0.15, 0.2) is 146 Å². The van der Waals surface area contributed by atoms with E-state index < -0.39 is 6.15 Å². The first-order valence-corrected chi connectivity index (χ1v) is 19.2. The summed E-state index contributed by atoms with van der Waals surface area (Å²) < 4.78 is 0. The first-order valence-electron chi connectivity index (χ1n) is 17.6. The maximum Gasteiger partial charge on any atom is 0.108 e. The molecule has 0 amide bonds. The molecule has 5 aromatic carbocycles. The molecule has 45 heavy (non-hydrogen) atoms. The van der Waals surface area contributed by atoms with Gasteiger partial charge in [0.15, 0.2) is 0 Å². The van der Waals surface area contributed by atoms with Crippen molar-refractivity contribution in [2.75, 3.05) is 0 Å². The molecule has 2 fully saturated rings. The van der Waals surface area contributed by atoms with Crippen molar-refractivity contribution in [1.82, 2.24) is 0 Å². The SMILES string of the molecule is Cc1ccc([PH+](C2CCCCC2)C2CCCCC2)cc1.c1ccc([B-](c2ccccc2)(c2ccccc2)c2ccccc2)cc1. The van der Waals surface area contributed by atoms with Crippen LogP contribution in [0.2, 0.25) is 0 Å². The van der Waals surface area contributed by atoms with Crippen LogP contribution in [0, 0.1) is 6.92 Å². The van der Waals surface area contributed by atoms with Crippen LogP contribution in [0.3, 0.4) is 0 Å². The molecule has 2 aliphatic rings. The average Bonchev–Trinajstić information content (AvgIpc) is 3.13. The largest absolute Gasteiger partial charge is 0.195 e. The molecule has 0 unspecified atom stereocenters. The minimum absolute atomic E-state index is 0.340. The van der Waals surface area contributed by atoms with Gasteiger partial charge in [0.05, 0.1) is 16.6 Å². The van der Waals surface area contributed by atoms with Gasteiger partial charge in [-0.25, -0.2) is 0 Å². The third-order valence-corrected chi connectivity index (χ3v) is 14.6. The zero-order valence-electron chi connectivity index (χ0n) is 27.2. The summed E-state index contributed by atoms with van der Waals surface area (Å²) in [5, 5.41) is 1.75. The van der Waals surface area contributed by atoms with Gasteiger partial charge in [0.25, 0.3) is 0 Å². The molecule has 0 N–H and O–H groups in total. The van der Waals surface area contributed by atoms with Crippen molar-refractivity contribution >= 4 is 41.2 Å². The summed E-state index contributed by atoms with van der Waals surface area (Å²) in [6.07, 6.45) is 13.9. The Hall–Kier alpha value is -3.41. The van der Waals surface area contributed by atoms with Gasteiger partial charge in [-0.15, -0.1) is 0 Å². The molecule has 0 nitrogen and oxygen atoms in total. The zero-order valence-corrected chi connectivity index (χ0v) is 28.2. The van der Waals surface area contributed by atoms with Gasteiger partial charge >= 0.3 is 0 Å². The van der Waals surface area contributed by atoms with Gasteiger partial charge in [-0.05, 0) is 70.4 Å². The van der Waals surface area contributed by atoms with Crippen LogP contribution in [-0.2, 0) is 0 Å². The fourth-order valence-corrected chi connectivity index (χ4v) is 12.7. The van der Waals surface area contributed by atoms with E-state index in [0.717, 1.165) is 11.3 Å². The summed E-state index contributed by atoms with van der Waals surface area (Å²) >= 11 is 0. The van der Waals surface area contributed by atoms with Crippen molar-refractivity contribution < 1.29 is 0 Å². The van der Waals surface area contributed by atoms with Crippen LogP contribution >= 0.6 is 7.92 Å². The molecule has 2 saturated carbocycles. The molecule has 0 atom stereocenters. The molecule has 5 aromatic rings. The number of hydrogen-bond donors (Lipinski definition) is 0. The van der Waals surface area contributed by atoms with E-state index in [9.17, 15) is 0 Å². The first-order chi connectivity index (χ1) is 22.3. The van der Waals surface area contributed by atoms with Crippen LogP contribution in [0.4, 0.5) is 0 Å². The Morgan fingerprint density at radius 3 is 1.02 bits per heavy atom. The predicted octanol–water partition coefficient (Wildman–Crippen LogP) is 8.56. The second kappa shape index (κ2) is 15.7. The Kier molecular flexibility index (Phi) is 11.0. The molecule has 0 bridgehead atoms. The van der Waals surface area contributed by atoms with Gasteiger partial charge in [0.1, 0.15) is 6.15 Å². The molecule has 230 valence electrons. The van der Waals surface area contributed by atoms with Gasteiger partial charge < -0.3 is 0 Å². The van der Waals surface area contributed by atoms with E-state index in [-0.39, 0.29) is 7.92 Å². The Morgan fingerprint density at radius 1 is 0.400 bits per heavy atom. The zero-order chi connectivity index (χ0) is 30.7. The lowest BCUT2D eigenvalue weighted by Gasteiger charge is -2.44. The fraction of sp³-hybridized carbons (Fsp3) is 0.302. The first kappa shape index (κ1) is 31.6. The van der Waals surface area contributed by atoms with Crippen LogP contribution in [0.25, 0.3) is 0 Å². The number of hydrogen-bond acceptors (Lipinski definition) is 0. The number of aryl methyl sites for hydroxylation is 1. The summed E-state index contributed by atoms with van der Waals surface area (Å²) in [6, 6.07) is 53.2. The van der Waals surface area contributed by atoms with Gasteiger partial charge in [0.2, 0.25) is 0 Å². The van der Waals surface area contributed by atoms with Crippen LogP contribution in [-0.4, -0.2) is 17.5 Å². The lowest BCUT2D eigenvalue weighted by Crippen LogP contribution is -2.74. The van der Waals surface area contributed by atoms with Crippen molar-refractivity contribution in [3.8, 4) is 0 Å². The van der Waals surface area contributed by atoms with Gasteiger partial charge in [-0.2, -0.15) is 21.9 Å². The van der Waals surface area contributed by atoms with Gasteiger partial charge in [-0.1, -0.05) is 152 Å². The molecular formula is C43H50BP. The van der Waals surface area contributed by atoms with Crippen LogP contribution in [0.5, 0.6) is 0 Å². The van der Waals surface area contributed by atoms with Crippen molar-refractivity contribution in [2.45, 2.75) is 82.4 Å². The molecule has 0 radical (unpaired) electrons. The van der Waals surface area contributed by atoms with Crippen molar-refractivity contribution in [3.05, 3.63) is 151 Å². The fourth-order valence-electron chi connectivity index (χ4n) is 8.50. The van der Waals surface area contributed by atoms with Crippen molar-refractivity contribution in [1.29, 1.82) is 0 Å². The molecule has 0 aliphatic heterocycles. The normalized spacial score (nSPS) is 16.1. The topological polar surface area (TPSA) is 0 Å². The number of benzene rings is 5. The maximum absolute atomic E-state index is 2.48. The maximum atomic E-state index is 2.48. The molecular weight excluding hydrogens is 558 g/mol. The van der Waals surface area contributed by atoms with Gasteiger partial charge in [-0.3, -0.25) is 0 Å². The lowest BCUT2D eigenvalue weighted by atomic mass is 9.13. The lowest BCUT2D eigenvalue weighted by molar-refractivity contribution is 0.487. The standard InChI is InChI=1S/C24H20B.C19H29P/c1-5-13-21(14-6-1)25(22-15-7-2-8-16-22,23-17-9-3-10-18-23)24-19-11-4-12-20-24;1-16-12-14-19(15-13-16)20(17-8-4-2-5-9-17)18-10-6-3-7-11-18/h1-20H;12-15,17-18H,2-11H2,1H3/q-1;/p+1. The van der Waals surface area contributed by atoms with Crippen LogP contribution < -0.4 is 27.2 Å². The summed E-state index contributed by atoms with van der Waals surface area (Å²) in [7, 11) is -0.340. The highest BCUT2D eigenvalue weighted by atomic mass is 31.1. The molecule has 2 aliphatic carbocycles. The Morgan fingerprint density at radius 2 is 0.711 bits per heavy atom. The smallest absolute Gasteiger partial charge is 0.108 e. The Balaban J connectivity index is 0.000000163. The van der Waals surface area contributed by atoms with E-state index in [1.165, 1.54) is 91.6 Å². The monoisotopic (exact) mass is 608 g/mol. The molecule has 0 spiro atoms. The van der Waals surface area contributed by atoms with Crippen LogP contribution in [0.1, 0.15) is 69.8 Å². The van der Waals surface area contributed by atoms with E-state index in [1.807, 2.05) is 0 Å². The van der Waals surface area contributed by atoms with E-state index in [0.29, 0.717) is 0 Å². The summed E-state index contributed by atoms with van der Waals surface area (Å²) in [6.45, 7) is 2.22. The van der Waals surface area contributed by atoms with Crippen molar-refractivity contribution in [2.24, 2.45) is 0 Å². The third-order valence-electron chi connectivity index (χ3n) is 10.7. The predicted molar refractivity (Wildman–Crippen MR) is 203 cm³/mol. The van der Waals surface area contributed by atoms with Crippen molar-refractivity contribution in [3.63, 3.8) is 0 Å². The van der Waals surface area contributed by atoms with E-state index in [4.69, 9.17) is 0 Å². The Bertz CT molecular complexity index is 1360. The average molecular weight is 609 g/mol. The minimum atomic E-state index is -1.22. The minimum Gasteiger partial charge on any atom is -0.195 e. The van der Waals surface area contributed by atoms with Gasteiger partial charge in [0, 0.05) is 7.92 Å². The van der Waals surface area contributed by atoms with E-state index >= 15 is 0 Å². The second-order valence-corrected chi connectivity index (χ2v) is 16.6. The van der Waals surface area contributed by atoms with E-state index in [2.05, 4.69) is 153 Å². The Labute approximate surface area is 274 Å². The molecule has 0 aromatic heterocycles. The molecule has 0 saturated heterocycles. The summed E-state index contributed by atoms with van der Waals surface area (Å²) in [5.74, 6) is 0. The third kappa shape index (κ3) is 7.37. The summed E-state index contributed by atoms with van der Waals surface area (Å²) in [4.78, 5) is 0. The molecule has 2 heteroatoms. The number of rotatable bonds is 7. The quantitative estimate of drug-likeness (QED) is 0.128. The molecule has 7 rings (SSSR count). The van der Waals surface area contributed by atoms with E-state index in [1.54, 1.807) is 5.30 Å².